The molecule has 198 valence electrons. The van der Waals surface area contributed by atoms with Crippen LogP contribution in [0.4, 0.5) is 0 Å². The number of rotatable bonds is 6. The van der Waals surface area contributed by atoms with Gasteiger partial charge in [0.2, 0.25) is 5.91 Å². The monoisotopic (exact) mass is 575 g/mol. The van der Waals surface area contributed by atoms with Crippen LogP contribution in [0.15, 0.2) is 58.1 Å². The third kappa shape index (κ3) is 4.89. The molecule has 0 unspecified atom stereocenters. The van der Waals surface area contributed by atoms with Crippen molar-refractivity contribution in [2.45, 2.75) is 25.9 Å². The average Bonchev–Trinajstić information content (AvgIpc) is 3.26. The van der Waals surface area contributed by atoms with Gasteiger partial charge in [0.1, 0.15) is 22.2 Å². The smallest absolute Gasteiger partial charge is 0.333 e. The number of benzene rings is 2. The Bertz CT molecular complexity index is 1780. The molecule has 13 heteroatoms. The number of carbonyl (C=O) groups excluding carboxylic acids is 1. The molecule has 2 aromatic carbocycles. The van der Waals surface area contributed by atoms with Gasteiger partial charge in [0.05, 0.1) is 16.5 Å². The first kappa shape index (κ1) is 26.2. The highest BCUT2D eigenvalue weighted by molar-refractivity contribution is 7.91. The van der Waals surface area contributed by atoms with Crippen molar-refractivity contribution in [1.82, 2.24) is 18.7 Å². The first-order valence-corrected chi connectivity index (χ1v) is 14.4. The Morgan fingerprint density at radius 1 is 1.00 bits per heavy atom. The number of nitrogens with two attached hydrogens (primary N) is 1. The lowest BCUT2D eigenvalue weighted by molar-refractivity contribution is -0.118. The quantitative estimate of drug-likeness (QED) is 0.375. The number of aromatic nitrogens is 4. The SMILES string of the molecule is NC(=O)Cn1c(=O)c2c(nc(-c3ccccc3Cl)n2-c2ccc(Cl)cc2)n(CC2CCS(=O)(=O)CC2)c1=O. The molecular weight excluding hydrogens is 553 g/mol. The van der Waals surface area contributed by atoms with Crippen LogP contribution < -0.4 is 17.0 Å². The van der Waals surface area contributed by atoms with Crippen molar-refractivity contribution in [2.75, 3.05) is 11.5 Å². The average molecular weight is 576 g/mol. The van der Waals surface area contributed by atoms with E-state index in [1.165, 1.54) is 4.57 Å². The van der Waals surface area contributed by atoms with Gasteiger partial charge in [0.15, 0.2) is 11.2 Å². The standard InChI is InChI=1S/C25H23Cl2N5O5S/c26-16-5-7-17(8-6-16)32-21-23(29-22(32)18-3-1-2-4-19(18)27)30(13-15-9-11-38(36,37)12-10-15)25(35)31(24(21)34)14-20(28)33/h1-8,15H,9-14H2,(H2,28,33). The Morgan fingerprint density at radius 2 is 1.66 bits per heavy atom. The Morgan fingerprint density at radius 3 is 2.29 bits per heavy atom. The molecule has 0 spiro atoms. The van der Waals surface area contributed by atoms with Crippen molar-refractivity contribution in [3.63, 3.8) is 0 Å². The molecule has 10 nitrogen and oxygen atoms in total. The maximum Gasteiger partial charge on any atom is 0.333 e. The lowest BCUT2D eigenvalue weighted by Crippen LogP contribution is -2.44. The van der Waals surface area contributed by atoms with Gasteiger partial charge in [-0.25, -0.2) is 22.8 Å². The number of halogens is 2. The van der Waals surface area contributed by atoms with E-state index in [0.29, 0.717) is 40.0 Å². The topological polar surface area (TPSA) is 139 Å². The van der Waals surface area contributed by atoms with Crippen LogP contribution in [0, 0.1) is 5.92 Å². The van der Waals surface area contributed by atoms with E-state index >= 15 is 0 Å². The van der Waals surface area contributed by atoms with E-state index in [1.54, 1.807) is 53.1 Å². The van der Waals surface area contributed by atoms with E-state index in [4.69, 9.17) is 33.9 Å². The van der Waals surface area contributed by atoms with Crippen LogP contribution in [0.2, 0.25) is 10.0 Å². The summed E-state index contributed by atoms with van der Waals surface area (Å²) < 4.78 is 27.6. The summed E-state index contributed by atoms with van der Waals surface area (Å²) in [5.74, 6) is -0.673. The van der Waals surface area contributed by atoms with Crippen molar-refractivity contribution in [2.24, 2.45) is 11.7 Å². The molecule has 1 fully saturated rings. The minimum absolute atomic E-state index is 0.0145. The summed E-state index contributed by atoms with van der Waals surface area (Å²) in [7, 11) is -3.12. The van der Waals surface area contributed by atoms with Crippen molar-refractivity contribution >= 4 is 50.1 Å². The van der Waals surface area contributed by atoms with Crippen molar-refractivity contribution in [1.29, 1.82) is 0 Å². The van der Waals surface area contributed by atoms with Crippen LogP contribution in [0.25, 0.3) is 28.2 Å². The zero-order valence-electron chi connectivity index (χ0n) is 20.0. The van der Waals surface area contributed by atoms with Gasteiger partial charge in [-0.3, -0.25) is 18.7 Å². The predicted molar refractivity (Wildman–Crippen MR) is 146 cm³/mol. The molecule has 2 N–H and O–H groups in total. The Labute approximate surface area is 227 Å². The minimum atomic E-state index is -3.12. The highest BCUT2D eigenvalue weighted by Crippen LogP contribution is 2.32. The number of amides is 1. The van der Waals surface area contributed by atoms with Gasteiger partial charge in [0, 0.05) is 22.8 Å². The largest absolute Gasteiger partial charge is 0.368 e. The van der Waals surface area contributed by atoms with Crippen molar-refractivity contribution < 1.29 is 13.2 Å². The molecule has 4 aromatic rings. The summed E-state index contributed by atoms with van der Waals surface area (Å²) >= 11 is 12.6. The van der Waals surface area contributed by atoms with Crippen LogP contribution in [-0.4, -0.2) is 44.5 Å². The van der Waals surface area contributed by atoms with E-state index < -0.39 is 33.5 Å². The number of fused-ring (bicyclic) bond motifs is 1. The van der Waals surface area contributed by atoms with Gasteiger partial charge in [-0.2, -0.15) is 0 Å². The lowest BCUT2D eigenvalue weighted by Gasteiger charge is -2.23. The molecular formula is C25H23Cl2N5O5S. The lowest BCUT2D eigenvalue weighted by atomic mass is 10.0. The summed E-state index contributed by atoms with van der Waals surface area (Å²) in [6, 6.07) is 13.7. The third-order valence-corrected chi connectivity index (χ3v) is 8.95. The second kappa shape index (κ2) is 10.0. The molecule has 3 heterocycles. The van der Waals surface area contributed by atoms with Crippen molar-refractivity contribution in [3.05, 3.63) is 79.4 Å². The summed E-state index contributed by atoms with van der Waals surface area (Å²) in [5, 5.41) is 0.856. The molecule has 0 aliphatic carbocycles. The van der Waals surface area contributed by atoms with E-state index in [2.05, 4.69) is 0 Å². The molecule has 0 radical (unpaired) electrons. The van der Waals surface area contributed by atoms with Crippen LogP contribution >= 0.6 is 23.2 Å². The summed E-state index contributed by atoms with van der Waals surface area (Å²) in [6.45, 7) is -0.511. The summed E-state index contributed by atoms with van der Waals surface area (Å²) in [6.07, 6.45) is 0.723. The van der Waals surface area contributed by atoms with Crippen LogP contribution in [0.5, 0.6) is 0 Å². The Hall–Kier alpha value is -3.41. The molecule has 1 amide bonds. The number of carbonyl (C=O) groups is 1. The van der Waals surface area contributed by atoms with Gasteiger partial charge in [0.25, 0.3) is 5.56 Å². The highest BCUT2D eigenvalue weighted by Gasteiger charge is 2.28. The van der Waals surface area contributed by atoms with Crippen LogP contribution in [0.3, 0.4) is 0 Å². The fraction of sp³-hybridized carbons (Fsp3) is 0.280. The van der Waals surface area contributed by atoms with Gasteiger partial charge in [-0.1, -0.05) is 35.3 Å². The number of hydrogen-bond acceptors (Lipinski definition) is 6. The molecule has 1 aliphatic heterocycles. The number of hydrogen-bond donors (Lipinski definition) is 1. The number of primary amides is 1. The molecule has 38 heavy (non-hydrogen) atoms. The van der Waals surface area contributed by atoms with Crippen molar-refractivity contribution in [3.8, 4) is 17.1 Å². The Kier molecular flexibility index (Phi) is 6.93. The fourth-order valence-corrected chi connectivity index (χ4v) is 6.68. The summed E-state index contributed by atoms with van der Waals surface area (Å²) in [4.78, 5) is 43.9. The zero-order chi connectivity index (χ0) is 27.2. The first-order valence-electron chi connectivity index (χ1n) is 11.8. The van der Waals surface area contributed by atoms with Gasteiger partial charge in [-0.15, -0.1) is 0 Å². The minimum Gasteiger partial charge on any atom is -0.368 e. The van der Waals surface area contributed by atoms with E-state index in [1.807, 2.05) is 0 Å². The van der Waals surface area contributed by atoms with Gasteiger partial charge < -0.3 is 5.73 Å². The van der Waals surface area contributed by atoms with E-state index in [0.717, 1.165) is 4.57 Å². The predicted octanol–water partition coefficient (Wildman–Crippen LogP) is 2.63. The molecule has 5 rings (SSSR count). The fourth-order valence-electron chi connectivity index (χ4n) is 4.74. The van der Waals surface area contributed by atoms with E-state index in [9.17, 15) is 22.8 Å². The number of sulfone groups is 1. The number of nitrogens with zero attached hydrogens (tertiary/aromatic N) is 4. The maximum atomic E-state index is 13.7. The molecule has 2 aromatic heterocycles. The highest BCUT2D eigenvalue weighted by atomic mass is 35.5. The van der Waals surface area contributed by atoms with Gasteiger partial charge >= 0.3 is 5.69 Å². The molecule has 1 aliphatic rings. The molecule has 1 saturated heterocycles. The molecule has 0 bridgehead atoms. The molecule has 0 atom stereocenters. The van der Waals surface area contributed by atoms with E-state index in [-0.39, 0.29) is 35.1 Å². The summed E-state index contributed by atoms with van der Waals surface area (Å²) in [5.41, 5.74) is 5.08. The Balaban J connectivity index is 1.84. The normalized spacial score (nSPS) is 15.6. The van der Waals surface area contributed by atoms with Crippen LogP contribution in [-0.2, 0) is 27.7 Å². The molecule has 0 saturated carbocycles. The zero-order valence-corrected chi connectivity index (χ0v) is 22.3. The second-order valence-corrected chi connectivity index (χ2v) is 12.4. The third-order valence-electron chi connectivity index (χ3n) is 6.65. The van der Waals surface area contributed by atoms with Gasteiger partial charge in [-0.05, 0) is 55.2 Å². The maximum absolute atomic E-state index is 13.7. The second-order valence-electron chi connectivity index (χ2n) is 9.25. The number of imidazole rings is 1. The van der Waals surface area contributed by atoms with Crippen LogP contribution in [0.1, 0.15) is 12.8 Å². The first-order chi connectivity index (χ1) is 18.1.